The molecule has 0 saturated carbocycles. The summed E-state index contributed by atoms with van der Waals surface area (Å²) < 4.78 is 0. The third-order valence-electron chi connectivity index (χ3n) is 3.32. The van der Waals surface area contributed by atoms with Crippen LogP contribution in [0.4, 0.5) is 5.69 Å². The van der Waals surface area contributed by atoms with E-state index in [0.29, 0.717) is 4.83 Å². The Morgan fingerprint density at radius 1 is 1.35 bits per heavy atom. The number of non-ortho nitro benzene ring substituents is 1. The van der Waals surface area contributed by atoms with E-state index in [1.165, 1.54) is 0 Å². The maximum atomic E-state index is 10.5. The van der Waals surface area contributed by atoms with E-state index < -0.39 is 0 Å². The lowest BCUT2D eigenvalue weighted by atomic mass is 9.84. The smallest absolute Gasteiger partial charge is 0.258 e. The van der Waals surface area contributed by atoms with Gasteiger partial charge >= 0.3 is 0 Å². The highest BCUT2D eigenvalue weighted by Gasteiger charge is 2.25. The lowest BCUT2D eigenvalue weighted by Crippen LogP contribution is -2.25. The summed E-state index contributed by atoms with van der Waals surface area (Å²) in [5.41, 5.74) is 1.50. The Balaban J connectivity index is 2.73. The van der Waals surface area contributed by atoms with E-state index in [1.54, 1.807) is 12.1 Å². The molecule has 4 heteroatoms. The van der Waals surface area contributed by atoms with E-state index in [2.05, 4.69) is 36.7 Å². The zero-order valence-electron chi connectivity index (χ0n) is 10.4. The van der Waals surface area contributed by atoms with Crippen LogP contribution in [0.25, 0.3) is 0 Å². The highest BCUT2D eigenvalue weighted by molar-refractivity contribution is 9.09. The summed E-state index contributed by atoms with van der Waals surface area (Å²) in [7, 11) is 0. The lowest BCUT2D eigenvalue weighted by Gasteiger charge is -2.29. The van der Waals surface area contributed by atoms with Crippen molar-refractivity contribution < 1.29 is 4.92 Å². The standard InChI is InChI=1S/C13H18BrNO2/c1-4-13(2,3)12(14)9-10-5-7-11(8-6-10)15(16)17/h5-8,12H,4,9H2,1-3H3. The molecule has 1 atom stereocenters. The Morgan fingerprint density at radius 3 is 2.29 bits per heavy atom. The Morgan fingerprint density at radius 2 is 1.88 bits per heavy atom. The van der Waals surface area contributed by atoms with Crippen LogP contribution < -0.4 is 0 Å². The van der Waals surface area contributed by atoms with Gasteiger partial charge in [-0.2, -0.15) is 0 Å². The zero-order valence-corrected chi connectivity index (χ0v) is 12.0. The molecule has 0 spiro atoms. The van der Waals surface area contributed by atoms with Crippen LogP contribution in [-0.4, -0.2) is 9.75 Å². The number of alkyl halides is 1. The summed E-state index contributed by atoms with van der Waals surface area (Å²) in [6, 6.07) is 6.79. The van der Waals surface area contributed by atoms with Gasteiger partial charge in [0.25, 0.3) is 5.69 Å². The number of hydrogen-bond donors (Lipinski definition) is 0. The molecule has 0 amide bonds. The van der Waals surface area contributed by atoms with Crippen molar-refractivity contribution in [2.24, 2.45) is 5.41 Å². The molecule has 94 valence electrons. The van der Waals surface area contributed by atoms with Crippen molar-refractivity contribution in [3.8, 4) is 0 Å². The minimum Gasteiger partial charge on any atom is -0.258 e. The van der Waals surface area contributed by atoms with Gasteiger partial charge in [-0.1, -0.05) is 48.8 Å². The highest BCUT2D eigenvalue weighted by Crippen LogP contribution is 2.33. The van der Waals surface area contributed by atoms with E-state index in [1.807, 2.05) is 12.1 Å². The first-order valence-electron chi connectivity index (χ1n) is 5.74. The van der Waals surface area contributed by atoms with Crippen LogP contribution in [0.3, 0.4) is 0 Å². The molecular weight excluding hydrogens is 282 g/mol. The number of halogens is 1. The van der Waals surface area contributed by atoms with E-state index in [-0.39, 0.29) is 16.0 Å². The minimum absolute atomic E-state index is 0.148. The largest absolute Gasteiger partial charge is 0.269 e. The van der Waals surface area contributed by atoms with Crippen molar-refractivity contribution in [2.75, 3.05) is 0 Å². The average molecular weight is 300 g/mol. The molecule has 0 radical (unpaired) electrons. The van der Waals surface area contributed by atoms with Gasteiger partial charge in [0.1, 0.15) is 0 Å². The van der Waals surface area contributed by atoms with Crippen LogP contribution in [0.1, 0.15) is 32.8 Å². The number of nitro groups is 1. The fourth-order valence-electron chi connectivity index (χ4n) is 1.46. The molecule has 1 rings (SSSR count). The summed E-state index contributed by atoms with van der Waals surface area (Å²) in [5, 5.41) is 10.5. The number of nitrogens with zero attached hydrogens (tertiary/aromatic N) is 1. The van der Waals surface area contributed by atoms with E-state index >= 15 is 0 Å². The summed E-state index contributed by atoms with van der Waals surface area (Å²) in [4.78, 5) is 10.5. The summed E-state index contributed by atoms with van der Waals surface area (Å²) in [5.74, 6) is 0. The van der Waals surface area contributed by atoms with Gasteiger partial charge in [0.15, 0.2) is 0 Å². The number of hydrogen-bond acceptors (Lipinski definition) is 2. The Labute approximate surface area is 111 Å². The second-order valence-electron chi connectivity index (χ2n) is 4.94. The van der Waals surface area contributed by atoms with Crippen LogP contribution in [-0.2, 0) is 6.42 Å². The van der Waals surface area contributed by atoms with Gasteiger partial charge in [-0.05, 0) is 23.8 Å². The molecule has 0 aromatic heterocycles. The second-order valence-corrected chi connectivity index (χ2v) is 6.04. The van der Waals surface area contributed by atoms with Gasteiger partial charge in [0.05, 0.1) is 4.92 Å². The van der Waals surface area contributed by atoms with Crippen molar-refractivity contribution in [3.05, 3.63) is 39.9 Å². The van der Waals surface area contributed by atoms with Crippen molar-refractivity contribution in [1.82, 2.24) is 0 Å². The third kappa shape index (κ3) is 3.80. The SMILES string of the molecule is CCC(C)(C)C(Br)Cc1ccc([N+](=O)[O-])cc1. The van der Waals surface area contributed by atoms with Gasteiger partial charge in [-0.25, -0.2) is 0 Å². The Hall–Kier alpha value is -0.900. The normalized spacial score (nSPS) is 13.4. The summed E-state index contributed by atoms with van der Waals surface area (Å²) >= 11 is 3.71. The maximum absolute atomic E-state index is 10.5. The van der Waals surface area contributed by atoms with E-state index in [4.69, 9.17) is 0 Å². The maximum Gasteiger partial charge on any atom is 0.269 e. The number of benzene rings is 1. The predicted octanol–water partition coefficient (Wildman–Crippen LogP) is 4.34. The molecule has 0 aliphatic carbocycles. The first kappa shape index (κ1) is 14.2. The van der Waals surface area contributed by atoms with Crippen LogP contribution in [0, 0.1) is 15.5 Å². The molecule has 0 aliphatic rings. The minimum atomic E-state index is -0.370. The van der Waals surface area contributed by atoms with Gasteiger partial charge < -0.3 is 0 Å². The second kappa shape index (κ2) is 5.63. The Kier molecular flexibility index (Phi) is 4.69. The predicted molar refractivity (Wildman–Crippen MR) is 73.6 cm³/mol. The third-order valence-corrected chi connectivity index (χ3v) is 4.88. The first-order valence-corrected chi connectivity index (χ1v) is 6.66. The van der Waals surface area contributed by atoms with Gasteiger partial charge in [-0.15, -0.1) is 0 Å². The molecule has 0 heterocycles. The average Bonchev–Trinajstić information content (AvgIpc) is 2.29. The number of rotatable bonds is 5. The fraction of sp³-hybridized carbons (Fsp3) is 0.538. The molecule has 17 heavy (non-hydrogen) atoms. The molecule has 0 bridgehead atoms. The quantitative estimate of drug-likeness (QED) is 0.461. The summed E-state index contributed by atoms with van der Waals surface area (Å²) in [6.45, 7) is 6.61. The van der Waals surface area contributed by atoms with Gasteiger partial charge in [-0.3, -0.25) is 10.1 Å². The van der Waals surface area contributed by atoms with E-state index in [0.717, 1.165) is 18.4 Å². The van der Waals surface area contributed by atoms with Crippen molar-refractivity contribution in [1.29, 1.82) is 0 Å². The molecule has 0 aliphatic heterocycles. The molecule has 0 saturated heterocycles. The van der Waals surface area contributed by atoms with Gasteiger partial charge in [0.2, 0.25) is 0 Å². The lowest BCUT2D eigenvalue weighted by molar-refractivity contribution is -0.384. The van der Waals surface area contributed by atoms with Crippen molar-refractivity contribution in [3.63, 3.8) is 0 Å². The van der Waals surface area contributed by atoms with Crippen molar-refractivity contribution >= 4 is 21.6 Å². The molecule has 0 N–H and O–H groups in total. The van der Waals surface area contributed by atoms with Crippen LogP contribution in [0.5, 0.6) is 0 Å². The fourth-order valence-corrected chi connectivity index (χ4v) is 2.16. The van der Waals surface area contributed by atoms with Gasteiger partial charge in [0, 0.05) is 17.0 Å². The molecule has 0 fully saturated rings. The molecule has 1 aromatic carbocycles. The highest BCUT2D eigenvalue weighted by atomic mass is 79.9. The molecular formula is C13H18BrNO2. The molecule has 1 aromatic rings. The van der Waals surface area contributed by atoms with Crippen LogP contribution >= 0.6 is 15.9 Å². The number of nitro benzene ring substituents is 1. The van der Waals surface area contributed by atoms with Crippen LogP contribution in [0.2, 0.25) is 0 Å². The van der Waals surface area contributed by atoms with Crippen LogP contribution in [0.15, 0.2) is 24.3 Å². The topological polar surface area (TPSA) is 43.1 Å². The monoisotopic (exact) mass is 299 g/mol. The summed E-state index contributed by atoms with van der Waals surface area (Å²) in [6.07, 6.45) is 1.98. The molecule has 3 nitrogen and oxygen atoms in total. The molecule has 1 unspecified atom stereocenters. The zero-order chi connectivity index (χ0) is 13.1. The first-order chi connectivity index (χ1) is 7.86. The van der Waals surface area contributed by atoms with Crippen molar-refractivity contribution in [2.45, 2.75) is 38.4 Å². The Bertz CT molecular complexity index is 387. The van der Waals surface area contributed by atoms with E-state index in [9.17, 15) is 10.1 Å².